The molecule has 0 amide bonds. The Labute approximate surface area is 148 Å². The second kappa shape index (κ2) is 9.42. The van der Waals surface area contributed by atoms with E-state index in [4.69, 9.17) is 18.9 Å². The highest BCUT2D eigenvalue weighted by molar-refractivity contribution is 5.36. The molecule has 1 unspecified atom stereocenters. The molecule has 0 aliphatic carbocycles. The van der Waals surface area contributed by atoms with Gasteiger partial charge in [0.1, 0.15) is 30.0 Å². The Bertz CT molecular complexity index is 625. The Morgan fingerprint density at radius 3 is 2.44 bits per heavy atom. The Morgan fingerprint density at radius 2 is 1.64 bits per heavy atom. The van der Waals surface area contributed by atoms with Gasteiger partial charge in [0.25, 0.3) is 0 Å². The van der Waals surface area contributed by atoms with Crippen LogP contribution in [-0.4, -0.2) is 43.7 Å². The molecule has 1 N–H and O–H groups in total. The number of ether oxygens (including phenoxy) is 4. The minimum absolute atomic E-state index is 0.172. The topological polar surface area (TPSA) is 57.2 Å². The maximum absolute atomic E-state index is 10.0. The van der Waals surface area contributed by atoms with Gasteiger partial charge in [-0.15, -0.1) is 0 Å². The molecule has 2 aromatic carbocycles. The van der Waals surface area contributed by atoms with Gasteiger partial charge in [0.2, 0.25) is 0 Å². The molecule has 1 aliphatic rings. The third kappa shape index (κ3) is 6.05. The summed E-state index contributed by atoms with van der Waals surface area (Å²) in [6.45, 7) is 1.90. The minimum Gasteiger partial charge on any atom is -0.491 e. The van der Waals surface area contributed by atoms with Crippen LogP contribution in [0.15, 0.2) is 54.6 Å². The largest absolute Gasteiger partial charge is 0.491 e. The summed E-state index contributed by atoms with van der Waals surface area (Å²) in [7, 11) is 0. The van der Waals surface area contributed by atoms with Crippen LogP contribution in [0.1, 0.15) is 12.8 Å². The van der Waals surface area contributed by atoms with Crippen LogP contribution in [0.3, 0.4) is 0 Å². The highest BCUT2D eigenvalue weighted by atomic mass is 16.5. The van der Waals surface area contributed by atoms with E-state index in [-0.39, 0.29) is 19.3 Å². The summed E-state index contributed by atoms with van der Waals surface area (Å²) >= 11 is 0. The van der Waals surface area contributed by atoms with Gasteiger partial charge in [-0.25, -0.2) is 0 Å². The normalized spacial score (nSPS) is 16.4. The van der Waals surface area contributed by atoms with Crippen LogP contribution in [-0.2, 0) is 9.47 Å². The fraction of sp³-hybridized carbons (Fsp3) is 0.400. The summed E-state index contributed by atoms with van der Waals surface area (Å²) in [5, 5.41) is 10.0. The standard InChI is InChI=1S/C20H24O5/c21-16(14-23-17-9-11-22-12-10-17)15-24-19-7-4-8-20(13-19)25-18-5-2-1-3-6-18/h1-8,13,16-17,21H,9-12,14-15H2. The van der Waals surface area contributed by atoms with Crippen molar-refractivity contribution >= 4 is 0 Å². The average Bonchev–Trinajstić information content (AvgIpc) is 2.67. The summed E-state index contributed by atoms with van der Waals surface area (Å²) in [6.07, 6.45) is 1.27. The van der Waals surface area contributed by atoms with Crippen LogP contribution in [0, 0.1) is 0 Å². The summed E-state index contributed by atoms with van der Waals surface area (Å²) in [5.74, 6) is 2.11. The summed E-state index contributed by atoms with van der Waals surface area (Å²) in [4.78, 5) is 0. The minimum atomic E-state index is -0.665. The predicted octanol–water partition coefficient (Wildman–Crippen LogP) is 3.41. The van der Waals surface area contributed by atoms with Gasteiger partial charge in [0.15, 0.2) is 0 Å². The fourth-order valence-electron chi connectivity index (χ4n) is 2.58. The molecule has 0 saturated carbocycles. The molecule has 5 nitrogen and oxygen atoms in total. The van der Waals surface area contributed by atoms with Crippen molar-refractivity contribution in [3.05, 3.63) is 54.6 Å². The van der Waals surface area contributed by atoms with Crippen LogP contribution in [0.5, 0.6) is 17.2 Å². The second-order valence-electron chi connectivity index (χ2n) is 6.00. The molecule has 5 heteroatoms. The van der Waals surface area contributed by atoms with Crippen molar-refractivity contribution in [1.82, 2.24) is 0 Å². The molecule has 0 radical (unpaired) electrons. The van der Waals surface area contributed by atoms with E-state index in [0.29, 0.717) is 11.5 Å². The Kier molecular flexibility index (Phi) is 6.68. The number of rotatable bonds is 8. The van der Waals surface area contributed by atoms with Gasteiger partial charge in [-0.1, -0.05) is 24.3 Å². The first kappa shape index (κ1) is 17.7. The molecular weight excluding hydrogens is 320 g/mol. The Hall–Kier alpha value is -2.08. The molecule has 1 aliphatic heterocycles. The van der Waals surface area contributed by atoms with Crippen molar-refractivity contribution in [3.8, 4) is 17.2 Å². The van der Waals surface area contributed by atoms with E-state index in [2.05, 4.69) is 0 Å². The Balaban J connectivity index is 1.43. The number of aliphatic hydroxyl groups excluding tert-OH is 1. The van der Waals surface area contributed by atoms with Crippen molar-refractivity contribution in [3.63, 3.8) is 0 Å². The number of aliphatic hydroxyl groups is 1. The number of hydrogen-bond acceptors (Lipinski definition) is 5. The van der Waals surface area contributed by atoms with Crippen LogP contribution in [0.25, 0.3) is 0 Å². The maximum Gasteiger partial charge on any atom is 0.131 e. The molecule has 134 valence electrons. The quantitative estimate of drug-likeness (QED) is 0.795. The van der Waals surface area contributed by atoms with Gasteiger partial charge < -0.3 is 24.1 Å². The molecule has 25 heavy (non-hydrogen) atoms. The molecule has 0 bridgehead atoms. The van der Waals surface area contributed by atoms with E-state index in [0.717, 1.165) is 31.8 Å². The fourth-order valence-corrected chi connectivity index (χ4v) is 2.58. The monoisotopic (exact) mass is 344 g/mol. The van der Waals surface area contributed by atoms with Gasteiger partial charge >= 0.3 is 0 Å². The van der Waals surface area contributed by atoms with Crippen molar-refractivity contribution in [2.24, 2.45) is 0 Å². The Morgan fingerprint density at radius 1 is 0.920 bits per heavy atom. The zero-order valence-corrected chi connectivity index (χ0v) is 14.2. The molecule has 1 atom stereocenters. The number of benzene rings is 2. The van der Waals surface area contributed by atoms with Crippen LogP contribution >= 0.6 is 0 Å². The van der Waals surface area contributed by atoms with Crippen LogP contribution in [0.2, 0.25) is 0 Å². The van der Waals surface area contributed by atoms with E-state index in [1.165, 1.54) is 0 Å². The lowest BCUT2D eigenvalue weighted by molar-refractivity contribution is -0.0659. The highest BCUT2D eigenvalue weighted by Gasteiger charge is 2.16. The summed E-state index contributed by atoms with van der Waals surface area (Å²) < 4.78 is 22.4. The predicted molar refractivity (Wildman–Crippen MR) is 94.3 cm³/mol. The van der Waals surface area contributed by atoms with Gasteiger partial charge in [-0.3, -0.25) is 0 Å². The molecule has 0 aromatic heterocycles. The maximum atomic E-state index is 10.0. The third-order valence-electron chi connectivity index (χ3n) is 3.92. The van der Waals surface area contributed by atoms with Gasteiger partial charge in [0, 0.05) is 19.3 Å². The highest BCUT2D eigenvalue weighted by Crippen LogP contribution is 2.25. The third-order valence-corrected chi connectivity index (χ3v) is 3.92. The van der Waals surface area contributed by atoms with Crippen LogP contribution < -0.4 is 9.47 Å². The van der Waals surface area contributed by atoms with Gasteiger partial charge in [-0.2, -0.15) is 0 Å². The van der Waals surface area contributed by atoms with E-state index in [9.17, 15) is 5.11 Å². The zero-order valence-electron chi connectivity index (χ0n) is 14.2. The van der Waals surface area contributed by atoms with Crippen LogP contribution in [0.4, 0.5) is 0 Å². The van der Waals surface area contributed by atoms with Crippen molar-refractivity contribution in [1.29, 1.82) is 0 Å². The molecule has 1 heterocycles. The van der Waals surface area contributed by atoms with Gasteiger partial charge in [-0.05, 0) is 37.1 Å². The van der Waals surface area contributed by atoms with Crippen molar-refractivity contribution < 1.29 is 24.1 Å². The first-order valence-electron chi connectivity index (χ1n) is 8.63. The second-order valence-corrected chi connectivity index (χ2v) is 6.00. The smallest absolute Gasteiger partial charge is 0.131 e. The molecule has 2 aromatic rings. The number of para-hydroxylation sites is 1. The number of hydrogen-bond donors (Lipinski definition) is 1. The van der Waals surface area contributed by atoms with E-state index in [1.807, 2.05) is 48.5 Å². The lowest BCUT2D eigenvalue weighted by atomic mass is 10.1. The average molecular weight is 344 g/mol. The molecule has 1 saturated heterocycles. The first-order chi connectivity index (χ1) is 12.3. The van der Waals surface area contributed by atoms with E-state index in [1.54, 1.807) is 6.07 Å². The van der Waals surface area contributed by atoms with E-state index < -0.39 is 6.10 Å². The van der Waals surface area contributed by atoms with Crippen molar-refractivity contribution in [2.75, 3.05) is 26.4 Å². The first-order valence-corrected chi connectivity index (χ1v) is 8.63. The lowest BCUT2D eigenvalue weighted by Gasteiger charge is -2.23. The summed E-state index contributed by atoms with van der Waals surface area (Å²) in [6, 6.07) is 16.9. The van der Waals surface area contributed by atoms with Gasteiger partial charge in [0.05, 0.1) is 12.7 Å². The lowest BCUT2D eigenvalue weighted by Crippen LogP contribution is -2.30. The summed E-state index contributed by atoms with van der Waals surface area (Å²) in [5.41, 5.74) is 0. The molecule has 3 rings (SSSR count). The van der Waals surface area contributed by atoms with E-state index >= 15 is 0 Å². The molecular formula is C20H24O5. The zero-order chi connectivity index (χ0) is 17.3. The molecule has 1 fully saturated rings. The molecule has 0 spiro atoms. The van der Waals surface area contributed by atoms with Crippen molar-refractivity contribution in [2.45, 2.75) is 25.0 Å². The SMILES string of the molecule is OC(COc1cccc(Oc2ccccc2)c1)COC1CCOCC1.